The third-order valence-electron chi connectivity index (χ3n) is 4.89. The lowest BCUT2D eigenvalue weighted by atomic mass is 10.0. The van der Waals surface area contributed by atoms with E-state index in [4.69, 9.17) is 4.74 Å². The van der Waals surface area contributed by atoms with Crippen molar-refractivity contribution in [3.8, 4) is 11.4 Å². The molecule has 0 fully saturated rings. The molecule has 0 bridgehead atoms. The molecule has 0 saturated heterocycles. The van der Waals surface area contributed by atoms with Crippen LogP contribution in [0.4, 0.5) is 5.69 Å². The van der Waals surface area contributed by atoms with E-state index in [1.165, 1.54) is 19.2 Å². The molecule has 0 amide bonds. The minimum absolute atomic E-state index is 0.0925. The summed E-state index contributed by atoms with van der Waals surface area (Å²) < 4.78 is 36.4. The van der Waals surface area contributed by atoms with Crippen molar-refractivity contribution < 1.29 is 13.2 Å². The molecule has 1 aromatic heterocycles. The van der Waals surface area contributed by atoms with Gasteiger partial charge in [0.2, 0.25) is 0 Å². The molecule has 3 rings (SSSR count). The molecule has 1 heterocycles. The molecular weight excluding hydrogens is 390 g/mol. The molecule has 0 radical (unpaired) electrons. The lowest BCUT2D eigenvalue weighted by molar-refractivity contribution is 0.415. The van der Waals surface area contributed by atoms with Crippen LogP contribution in [0.3, 0.4) is 0 Å². The second kappa shape index (κ2) is 7.79. The van der Waals surface area contributed by atoms with Gasteiger partial charge in [0.15, 0.2) is 0 Å². The van der Waals surface area contributed by atoms with Gasteiger partial charge in [0.05, 0.1) is 23.4 Å². The van der Waals surface area contributed by atoms with Gasteiger partial charge in [-0.3, -0.25) is 14.2 Å². The van der Waals surface area contributed by atoms with E-state index in [-0.39, 0.29) is 16.4 Å². The summed E-state index contributed by atoms with van der Waals surface area (Å²) in [7, 11) is -0.438. The van der Waals surface area contributed by atoms with Crippen molar-refractivity contribution in [2.75, 3.05) is 11.8 Å². The van der Waals surface area contributed by atoms with Crippen LogP contribution >= 0.6 is 0 Å². The number of rotatable bonds is 6. The van der Waals surface area contributed by atoms with Crippen molar-refractivity contribution in [1.29, 1.82) is 0 Å². The minimum atomic E-state index is -3.77. The predicted octanol–water partition coefficient (Wildman–Crippen LogP) is 3.42. The van der Waals surface area contributed by atoms with Gasteiger partial charge in [-0.05, 0) is 49.2 Å². The first-order valence-corrected chi connectivity index (χ1v) is 10.7. The summed E-state index contributed by atoms with van der Waals surface area (Å²) in [5.74, 6) is 0.654. The Labute approximate surface area is 170 Å². The Balaban J connectivity index is 1.94. The molecule has 0 spiro atoms. The highest BCUT2D eigenvalue weighted by Crippen LogP contribution is 2.22. The van der Waals surface area contributed by atoms with Crippen molar-refractivity contribution in [3.63, 3.8) is 0 Å². The summed E-state index contributed by atoms with van der Waals surface area (Å²) in [4.78, 5) is 12.9. The van der Waals surface area contributed by atoms with E-state index in [1.807, 2.05) is 27.8 Å². The quantitative estimate of drug-likeness (QED) is 0.669. The average molecular weight is 416 g/mol. The lowest BCUT2D eigenvalue weighted by Gasteiger charge is -2.11. The van der Waals surface area contributed by atoms with Gasteiger partial charge in [-0.25, -0.2) is 13.1 Å². The number of methoxy groups -OCH3 is 1. The minimum Gasteiger partial charge on any atom is -0.497 e. The van der Waals surface area contributed by atoms with Crippen molar-refractivity contribution in [1.82, 2.24) is 9.36 Å². The summed E-state index contributed by atoms with van der Waals surface area (Å²) in [6.45, 7) is 5.87. The molecule has 29 heavy (non-hydrogen) atoms. The van der Waals surface area contributed by atoms with Crippen LogP contribution in [0, 0.1) is 6.92 Å². The van der Waals surface area contributed by atoms with Crippen LogP contribution in [0.15, 0.2) is 58.2 Å². The third kappa shape index (κ3) is 3.93. The molecule has 0 aliphatic heterocycles. The average Bonchev–Trinajstić information content (AvgIpc) is 2.90. The molecule has 154 valence electrons. The summed E-state index contributed by atoms with van der Waals surface area (Å²) in [5, 5.41) is 0. The Morgan fingerprint density at radius 3 is 2.28 bits per heavy atom. The van der Waals surface area contributed by atoms with Crippen LogP contribution in [-0.2, 0) is 17.1 Å². The van der Waals surface area contributed by atoms with Crippen LogP contribution in [0.5, 0.6) is 5.75 Å². The number of nitrogens with zero attached hydrogens (tertiary/aromatic N) is 2. The number of aromatic nitrogens is 2. The topological polar surface area (TPSA) is 82.3 Å². The maximum atomic E-state index is 12.8. The van der Waals surface area contributed by atoms with Gasteiger partial charge in [0.25, 0.3) is 15.6 Å². The van der Waals surface area contributed by atoms with E-state index >= 15 is 0 Å². The number of hydrogen-bond donors (Lipinski definition) is 1. The zero-order chi connectivity index (χ0) is 21.3. The highest BCUT2D eigenvalue weighted by molar-refractivity contribution is 7.92. The van der Waals surface area contributed by atoms with Crippen LogP contribution in [-0.4, -0.2) is 24.9 Å². The zero-order valence-corrected chi connectivity index (χ0v) is 17.9. The van der Waals surface area contributed by atoms with Gasteiger partial charge in [0, 0.05) is 24.4 Å². The van der Waals surface area contributed by atoms with Gasteiger partial charge in [-0.1, -0.05) is 19.9 Å². The summed E-state index contributed by atoms with van der Waals surface area (Å²) in [6, 6.07) is 12.9. The Bertz CT molecular complexity index is 1190. The summed E-state index contributed by atoms with van der Waals surface area (Å²) in [6.07, 6.45) is 0. The fraction of sp³-hybridized carbons (Fsp3) is 0.286. The first kappa shape index (κ1) is 20.7. The van der Waals surface area contributed by atoms with E-state index in [0.29, 0.717) is 17.1 Å². The second-order valence-corrected chi connectivity index (χ2v) is 8.81. The monoisotopic (exact) mass is 415 g/mol. The number of sulfonamides is 1. The summed E-state index contributed by atoms with van der Waals surface area (Å²) >= 11 is 0. The van der Waals surface area contributed by atoms with Gasteiger partial charge in [0.1, 0.15) is 5.75 Å². The molecule has 0 aliphatic rings. The van der Waals surface area contributed by atoms with Crippen LogP contribution in [0.2, 0.25) is 0 Å². The highest BCUT2D eigenvalue weighted by atomic mass is 32.2. The molecule has 0 saturated carbocycles. The Hall–Kier alpha value is -3.00. The molecule has 0 atom stereocenters. The smallest absolute Gasteiger partial charge is 0.275 e. The number of hydrogen-bond acceptors (Lipinski definition) is 4. The maximum Gasteiger partial charge on any atom is 0.275 e. The molecule has 2 aromatic carbocycles. The molecule has 0 aliphatic carbocycles. The number of anilines is 1. The Morgan fingerprint density at radius 1 is 1.07 bits per heavy atom. The Morgan fingerprint density at radius 2 is 1.72 bits per heavy atom. The van der Waals surface area contributed by atoms with E-state index in [2.05, 4.69) is 4.72 Å². The fourth-order valence-corrected chi connectivity index (χ4v) is 4.40. The number of benzene rings is 2. The standard InChI is InChI=1S/C21H25N3O4S/c1-14(2)20-15(3)23(4)24(21(20)25)17-9-11-19(12-10-17)29(26,27)22-16-7-6-8-18(13-16)28-5/h6-14,22H,1-5H3. The molecule has 3 aromatic rings. The van der Waals surface area contributed by atoms with Gasteiger partial charge in [-0.15, -0.1) is 0 Å². The van der Waals surface area contributed by atoms with E-state index in [9.17, 15) is 13.2 Å². The van der Waals surface area contributed by atoms with Crippen LogP contribution in [0.25, 0.3) is 5.69 Å². The predicted molar refractivity (Wildman–Crippen MR) is 114 cm³/mol. The third-order valence-corrected chi connectivity index (χ3v) is 6.29. The number of ether oxygens (including phenoxy) is 1. The van der Waals surface area contributed by atoms with Crippen LogP contribution < -0.4 is 15.0 Å². The van der Waals surface area contributed by atoms with Crippen molar-refractivity contribution >= 4 is 15.7 Å². The van der Waals surface area contributed by atoms with Gasteiger partial charge < -0.3 is 4.74 Å². The van der Waals surface area contributed by atoms with Gasteiger partial charge in [-0.2, -0.15) is 0 Å². The maximum absolute atomic E-state index is 12.8. The summed E-state index contributed by atoms with van der Waals surface area (Å²) in [5.41, 5.74) is 2.56. The molecule has 8 heteroatoms. The number of nitrogens with one attached hydrogen (secondary N) is 1. The van der Waals surface area contributed by atoms with E-state index in [0.717, 1.165) is 11.3 Å². The highest BCUT2D eigenvalue weighted by Gasteiger charge is 2.19. The zero-order valence-electron chi connectivity index (χ0n) is 17.1. The fourth-order valence-electron chi connectivity index (χ4n) is 3.35. The van der Waals surface area contributed by atoms with Crippen molar-refractivity contribution in [2.24, 2.45) is 7.05 Å². The van der Waals surface area contributed by atoms with E-state index in [1.54, 1.807) is 45.8 Å². The molecule has 7 nitrogen and oxygen atoms in total. The largest absolute Gasteiger partial charge is 0.497 e. The molecule has 1 N–H and O–H groups in total. The first-order chi connectivity index (χ1) is 13.7. The van der Waals surface area contributed by atoms with Crippen molar-refractivity contribution in [2.45, 2.75) is 31.6 Å². The normalized spacial score (nSPS) is 11.7. The van der Waals surface area contributed by atoms with E-state index < -0.39 is 10.0 Å². The van der Waals surface area contributed by atoms with Crippen molar-refractivity contribution in [3.05, 3.63) is 70.1 Å². The molecular formula is C21H25N3O4S. The Kier molecular flexibility index (Phi) is 5.57. The van der Waals surface area contributed by atoms with Crippen LogP contribution in [0.1, 0.15) is 31.0 Å². The second-order valence-electron chi connectivity index (χ2n) is 7.13. The first-order valence-electron chi connectivity index (χ1n) is 9.21. The molecule has 0 unspecified atom stereocenters. The van der Waals surface area contributed by atoms with Gasteiger partial charge >= 0.3 is 0 Å². The lowest BCUT2D eigenvalue weighted by Crippen LogP contribution is -2.21. The SMILES string of the molecule is COc1cccc(NS(=O)(=O)c2ccc(-n3c(=O)c(C(C)C)c(C)n3C)cc2)c1.